The van der Waals surface area contributed by atoms with Crippen LogP contribution < -0.4 is 32.7 Å². The van der Waals surface area contributed by atoms with E-state index in [4.69, 9.17) is 20.9 Å². The first-order valence-electron chi connectivity index (χ1n) is 20.3. The molecule has 17 nitrogen and oxygen atoms in total. The number of hydrogen-bond donors (Lipinski definition) is 6. The Morgan fingerprint density at radius 2 is 1.50 bits per heavy atom. The minimum Gasteiger partial charge on any atom is -0.463 e. The van der Waals surface area contributed by atoms with Gasteiger partial charge in [-0.15, -0.1) is 0 Å². The van der Waals surface area contributed by atoms with E-state index in [0.717, 1.165) is 32.1 Å². The molecule has 1 aromatic carbocycles. The van der Waals surface area contributed by atoms with Crippen molar-refractivity contribution in [2.75, 3.05) is 13.2 Å². The number of carbonyl (C=O) groups is 8. The molecule has 1 aromatic rings. The van der Waals surface area contributed by atoms with E-state index in [1.54, 1.807) is 31.2 Å². The highest BCUT2D eigenvalue weighted by Crippen LogP contribution is 2.27. The molecule has 1 heterocycles. The van der Waals surface area contributed by atoms with Gasteiger partial charge >= 0.3 is 12.1 Å². The van der Waals surface area contributed by atoms with Crippen LogP contribution in [0.2, 0.25) is 0 Å². The Bertz CT molecular complexity index is 1600. The molecule has 2 fully saturated rings. The summed E-state index contributed by atoms with van der Waals surface area (Å²) in [6.07, 6.45) is 6.80. The van der Waals surface area contributed by atoms with Crippen LogP contribution in [0.4, 0.5) is 4.79 Å². The predicted octanol–water partition coefficient (Wildman–Crippen LogP) is 2.00. The maximum absolute atomic E-state index is 14.2. The topological polar surface area (TPSA) is 258 Å². The molecule has 7 amide bonds. The van der Waals surface area contributed by atoms with Crippen molar-refractivity contribution in [3.05, 3.63) is 48.0 Å². The number of primary amides is 2. The van der Waals surface area contributed by atoms with E-state index in [-0.39, 0.29) is 70.1 Å². The lowest BCUT2D eigenvalue weighted by Crippen LogP contribution is -2.59. The third-order valence-electron chi connectivity index (χ3n) is 10.2. The summed E-state index contributed by atoms with van der Waals surface area (Å²) in [5.74, 6) is -4.63. The summed E-state index contributed by atoms with van der Waals surface area (Å²) in [6.45, 7) is 5.69. The van der Waals surface area contributed by atoms with Crippen LogP contribution in [0.25, 0.3) is 0 Å². The highest BCUT2D eigenvalue weighted by atomic mass is 16.5. The van der Waals surface area contributed by atoms with E-state index in [2.05, 4.69) is 21.3 Å². The number of nitrogens with zero attached hydrogens (tertiary/aromatic N) is 1. The average Bonchev–Trinajstić information content (AvgIpc) is 3.69. The Morgan fingerprint density at radius 3 is 2.14 bits per heavy atom. The summed E-state index contributed by atoms with van der Waals surface area (Å²) in [5.41, 5.74) is 11.9. The highest BCUT2D eigenvalue weighted by molar-refractivity contribution is 5.96. The highest BCUT2D eigenvalue weighted by Gasteiger charge is 2.40. The Kier molecular flexibility index (Phi) is 19.7. The monoisotopic (exact) mass is 811 g/mol. The fraction of sp³-hybridized carbons (Fsp3) is 0.610. The van der Waals surface area contributed by atoms with E-state index in [0.29, 0.717) is 12.0 Å². The average molecular weight is 812 g/mol. The van der Waals surface area contributed by atoms with Crippen LogP contribution in [-0.2, 0) is 49.6 Å². The predicted molar refractivity (Wildman–Crippen MR) is 213 cm³/mol. The molecule has 0 aromatic heterocycles. The Hall–Kier alpha value is -5.48. The molecule has 3 rings (SSSR count). The van der Waals surface area contributed by atoms with Gasteiger partial charge in [0.05, 0.1) is 6.61 Å². The standard InChI is InChI=1S/C41H61N7O10/c1-4-57-34(50)20-12-11-18-29(46-41(56)58-25-27-14-7-5-8-15-27)37(52)44-30(21-22-33(42)49)40(55)48-23-13-19-32(48)39(54)45-31(24-26(2)3)38(53)47-35(36(43)51)28-16-9-6-10-17-28/h5,7-8,12,14-15,20,26,28-32,35H,4,6,9-11,13,16-19,21-25H2,1-3H3,(H2,42,49)(H2,43,51)(H,44,52)(H,45,54)(H,46,56)(H,47,53)/b20-12+/t29-,30-,31-,32-,35-/m0/s1. The third kappa shape index (κ3) is 15.8. The van der Waals surface area contributed by atoms with E-state index < -0.39 is 77.7 Å². The molecular formula is C41H61N7O10. The molecule has 0 spiro atoms. The Labute approximate surface area is 340 Å². The molecule has 0 unspecified atom stereocenters. The van der Waals surface area contributed by atoms with Crippen molar-refractivity contribution in [2.24, 2.45) is 23.3 Å². The van der Waals surface area contributed by atoms with Crippen molar-refractivity contribution < 1.29 is 47.8 Å². The number of amides is 7. The van der Waals surface area contributed by atoms with Crippen molar-refractivity contribution in [2.45, 2.75) is 135 Å². The molecule has 0 radical (unpaired) electrons. The van der Waals surface area contributed by atoms with Crippen molar-refractivity contribution in [1.82, 2.24) is 26.2 Å². The van der Waals surface area contributed by atoms with Crippen LogP contribution >= 0.6 is 0 Å². The molecule has 1 aliphatic heterocycles. The van der Waals surface area contributed by atoms with Gasteiger partial charge in [0.1, 0.15) is 36.8 Å². The summed E-state index contributed by atoms with van der Waals surface area (Å²) in [4.78, 5) is 106. The number of esters is 1. The molecular weight excluding hydrogens is 750 g/mol. The van der Waals surface area contributed by atoms with E-state index in [1.165, 1.54) is 17.1 Å². The van der Waals surface area contributed by atoms with Crippen LogP contribution in [0.3, 0.4) is 0 Å². The van der Waals surface area contributed by atoms with Crippen LogP contribution in [0, 0.1) is 11.8 Å². The molecule has 17 heteroatoms. The Morgan fingerprint density at radius 1 is 0.810 bits per heavy atom. The molecule has 5 atom stereocenters. The van der Waals surface area contributed by atoms with E-state index in [9.17, 15) is 38.4 Å². The number of rotatable bonds is 22. The van der Waals surface area contributed by atoms with Gasteiger partial charge in [0.2, 0.25) is 35.4 Å². The van der Waals surface area contributed by atoms with E-state index >= 15 is 0 Å². The van der Waals surface area contributed by atoms with Gasteiger partial charge in [-0.2, -0.15) is 0 Å². The van der Waals surface area contributed by atoms with Gasteiger partial charge < -0.3 is 47.1 Å². The lowest BCUT2D eigenvalue weighted by Gasteiger charge is -2.32. The fourth-order valence-electron chi connectivity index (χ4n) is 7.24. The van der Waals surface area contributed by atoms with Crippen LogP contribution in [0.1, 0.15) is 103 Å². The summed E-state index contributed by atoms with van der Waals surface area (Å²) in [7, 11) is 0. The van der Waals surface area contributed by atoms with Crippen molar-refractivity contribution >= 4 is 47.5 Å². The summed E-state index contributed by atoms with van der Waals surface area (Å²) in [5, 5.41) is 10.8. The Balaban J connectivity index is 1.77. The third-order valence-corrected chi connectivity index (χ3v) is 10.2. The van der Waals surface area contributed by atoms with Gasteiger partial charge in [0, 0.05) is 19.0 Å². The fourth-order valence-corrected chi connectivity index (χ4v) is 7.24. The molecule has 2 aliphatic rings. The minimum atomic E-state index is -1.32. The number of ether oxygens (including phenoxy) is 2. The van der Waals surface area contributed by atoms with Crippen LogP contribution in [-0.4, -0.2) is 95.8 Å². The van der Waals surface area contributed by atoms with Gasteiger partial charge in [-0.25, -0.2) is 9.59 Å². The van der Waals surface area contributed by atoms with E-state index in [1.807, 2.05) is 19.9 Å². The maximum Gasteiger partial charge on any atom is 0.408 e. The number of likely N-dealkylation sites (tertiary alicyclic amines) is 1. The number of benzene rings is 1. The first-order chi connectivity index (χ1) is 27.7. The number of allylic oxidation sites excluding steroid dienone is 1. The molecule has 1 saturated heterocycles. The van der Waals surface area contributed by atoms with Gasteiger partial charge in [0.15, 0.2) is 0 Å². The zero-order chi connectivity index (χ0) is 42.6. The second-order valence-electron chi connectivity index (χ2n) is 15.2. The minimum absolute atomic E-state index is 0.00961. The number of carbonyl (C=O) groups excluding carboxylic acids is 8. The number of hydrogen-bond acceptors (Lipinski definition) is 10. The zero-order valence-electron chi connectivity index (χ0n) is 33.9. The quantitative estimate of drug-likeness (QED) is 0.0733. The largest absolute Gasteiger partial charge is 0.463 e. The van der Waals surface area contributed by atoms with Crippen molar-refractivity contribution in [1.29, 1.82) is 0 Å². The van der Waals surface area contributed by atoms with Gasteiger partial charge in [-0.3, -0.25) is 28.8 Å². The zero-order valence-corrected chi connectivity index (χ0v) is 33.9. The molecule has 58 heavy (non-hydrogen) atoms. The van der Waals surface area contributed by atoms with Crippen molar-refractivity contribution in [3.8, 4) is 0 Å². The normalized spacial score (nSPS) is 17.7. The summed E-state index contributed by atoms with van der Waals surface area (Å²) >= 11 is 0. The molecule has 1 saturated carbocycles. The molecule has 320 valence electrons. The second kappa shape index (κ2) is 24.3. The lowest BCUT2D eigenvalue weighted by atomic mass is 9.83. The molecule has 0 bridgehead atoms. The summed E-state index contributed by atoms with van der Waals surface area (Å²) < 4.78 is 10.2. The molecule has 8 N–H and O–H groups in total. The van der Waals surface area contributed by atoms with Crippen molar-refractivity contribution in [3.63, 3.8) is 0 Å². The van der Waals surface area contributed by atoms with Gasteiger partial charge in [-0.1, -0.05) is 69.5 Å². The molecule has 1 aliphatic carbocycles. The maximum atomic E-state index is 14.2. The first kappa shape index (κ1) is 46.9. The van der Waals surface area contributed by atoms with Crippen LogP contribution in [0.15, 0.2) is 42.5 Å². The lowest BCUT2D eigenvalue weighted by molar-refractivity contribution is -0.142. The van der Waals surface area contributed by atoms with Gasteiger partial charge in [-0.05, 0) is 75.7 Å². The number of nitrogens with two attached hydrogens (primary N) is 2. The second-order valence-corrected chi connectivity index (χ2v) is 15.2. The smallest absolute Gasteiger partial charge is 0.408 e. The van der Waals surface area contributed by atoms with Gasteiger partial charge in [0.25, 0.3) is 0 Å². The summed E-state index contributed by atoms with van der Waals surface area (Å²) in [6, 6.07) is 3.40. The van der Waals surface area contributed by atoms with Crippen LogP contribution in [0.5, 0.6) is 0 Å². The number of nitrogens with one attached hydrogen (secondary N) is 4. The number of alkyl carbamates (subject to hydrolysis) is 1. The first-order valence-corrected chi connectivity index (χ1v) is 20.3. The SMILES string of the molecule is CCOC(=O)/C=C/CC[C@H](NC(=O)OCc1ccccc1)C(=O)N[C@@H](CCC(N)=O)C(=O)N1CCC[C@H]1C(=O)N[C@@H](CC(C)C)C(=O)N[C@H](C(N)=O)C1CCCCC1.